The summed E-state index contributed by atoms with van der Waals surface area (Å²) in [6, 6.07) is 7.96. The van der Waals surface area contributed by atoms with Gasteiger partial charge >= 0.3 is 0 Å². The fourth-order valence-electron chi connectivity index (χ4n) is 2.44. The van der Waals surface area contributed by atoms with Crippen LogP contribution in [0.4, 0.5) is 0 Å². The van der Waals surface area contributed by atoms with E-state index in [1.54, 1.807) is 13.3 Å². The molecule has 0 aromatic carbocycles. The van der Waals surface area contributed by atoms with Crippen molar-refractivity contribution in [2.24, 2.45) is 0 Å². The molecule has 0 saturated heterocycles. The standard InChI is InChI=1S/C16H18N2O2S/c1-11(14-5-3-4-8-17-14)18(12-6-7-12)16(19)15-9-13(20-2)10-21-15/h3-5,8-12H,6-7H2,1-2H3. The van der Waals surface area contributed by atoms with E-state index < -0.39 is 0 Å². The minimum Gasteiger partial charge on any atom is -0.496 e. The first-order valence-corrected chi connectivity index (χ1v) is 7.95. The molecule has 2 aromatic heterocycles. The Balaban J connectivity index is 1.86. The predicted molar refractivity (Wildman–Crippen MR) is 82.7 cm³/mol. The summed E-state index contributed by atoms with van der Waals surface area (Å²) in [5, 5.41) is 1.86. The maximum Gasteiger partial charge on any atom is 0.264 e. The summed E-state index contributed by atoms with van der Waals surface area (Å²) in [6.07, 6.45) is 3.92. The zero-order valence-corrected chi connectivity index (χ0v) is 13.0. The van der Waals surface area contributed by atoms with Crippen LogP contribution in [0.2, 0.25) is 0 Å². The van der Waals surface area contributed by atoms with E-state index in [9.17, 15) is 4.79 Å². The van der Waals surface area contributed by atoms with Crippen LogP contribution in [0.5, 0.6) is 5.75 Å². The molecule has 1 fully saturated rings. The molecule has 1 unspecified atom stereocenters. The summed E-state index contributed by atoms with van der Waals surface area (Å²) >= 11 is 1.43. The number of carbonyl (C=O) groups is 1. The number of nitrogens with zero attached hydrogens (tertiary/aromatic N) is 2. The number of aromatic nitrogens is 1. The van der Waals surface area contributed by atoms with Crippen LogP contribution in [-0.2, 0) is 0 Å². The second-order valence-electron chi connectivity index (χ2n) is 5.22. The first-order valence-electron chi connectivity index (χ1n) is 7.07. The van der Waals surface area contributed by atoms with Gasteiger partial charge in [-0.2, -0.15) is 0 Å². The largest absolute Gasteiger partial charge is 0.496 e. The zero-order chi connectivity index (χ0) is 14.8. The van der Waals surface area contributed by atoms with Crippen molar-refractivity contribution in [3.8, 4) is 5.75 Å². The van der Waals surface area contributed by atoms with Crippen molar-refractivity contribution in [1.82, 2.24) is 9.88 Å². The Bertz CT molecular complexity index is 622. The Morgan fingerprint density at radius 3 is 2.86 bits per heavy atom. The van der Waals surface area contributed by atoms with Gasteiger partial charge in [0.2, 0.25) is 0 Å². The van der Waals surface area contributed by atoms with Crippen molar-refractivity contribution < 1.29 is 9.53 Å². The Morgan fingerprint density at radius 1 is 1.48 bits per heavy atom. The average Bonchev–Trinajstić information content (AvgIpc) is 3.23. The molecule has 3 rings (SSSR count). The van der Waals surface area contributed by atoms with Crippen LogP contribution in [0.3, 0.4) is 0 Å². The highest BCUT2D eigenvalue weighted by Gasteiger charge is 2.37. The molecule has 110 valence electrons. The Labute approximate surface area is 128 Å². The topological polar surface area (TPSA) is 42.4 Å². The van der Waals surface area contributed by atoms with E-state index in [-0.39, 0.29) is 11.9 Å². The maximum atomic E-state index is 12.8. The molecule has 0 bridgehead atoms. The molecular weight excluding hydrogens is 284 g/mol. The minimum absolute atomic E-state index is 0.0145. The SMILES string of the molecule is COc1csc(C(=O)N(C2CC2)C(C)c2ccccn2)c1. The van der Waals surface area contributed by atoms with Crippen LogP contribution in [0.15, 0.2) is 35.8 Å². The molecule has 1 aliphatic carbocycles. The number of carbonyl (C=O) groups excluding carboxylic acids is 1. The number of pyridine rings is 1. The normalized spacial score (nSPS) is 15.5. The fraction of sp³-hybridized carbons (Fsp3) is 0.375. The molecule has 1 amide bonds. The van der Waals surface area contributed by atoms with Crippen LogP contribution in [-0.4, -0.2) is 28.9 Å². The summed E-state index contributed by atoms with van der Waals surface area (Å²) in [6.45, 7) is 2.05. The van der Waals surface area contributed by atoms with Gasteiger partial charge in [-0.3, -0.25) is 9.78 Å². The highest BCUT2D eigenvalue weighted by molar-refractivity contribution is 7.12. The first kappa shape index (κ1) is 14.1. The molecular formula is C16H18N2O2S. The van der Waals surface area contributed by atoms with Crippen LogP contribution in [0.1, 0.15) is 41.2 Å². The van der Waals surface area contributed by atoms with E-state index in [0.29, 0.717) is 6.04 Å². The third-order valence-electron chi connectivity index (χ3n) is 3.73. The van der Waals surface area contributed by atoms with Crippen molar-refractivity contribution in [2.75, 3.05) is 7.11 Å². The summed E-state index contributed by atoms with van der Waals surface area (Å²) < 4.78 is 5.17. The molecule has 4 nitrogen and oxygen atoms in total. The minimum atomic E-state index is -0.0145. The van der Waals surface area contributed by atoms with Gasteiger partial charge in [-0.25, -0.2) is 0 Å². The number of hydrogen-bond acceptors (Lipinski definition) is 4. The predicted octanol–water partition coefficient (Wildman–Crippen LogP) is 3.52. The van der Waals surface area contributed by atoms with Crippen LogP contribution >= 0.6 is 11.3 Å². The molecule has 0 spiro atoms. The van der Waals surface area contributed by atoms with Gasteiger partial charge in [0, 0.05) is 23.7 Å². The van der Waals surface area contributed by atoms with E-state index in [0.717, 1.165) is 29.2 Å². The molecule has 1 saturated carbocycles. The summed E-state index contributed by atoms with van der Waals surface area (Å²) in [5.74, 6) is 0.813. The quantitative estimate of drug-likeness (QED) is 0.848. The fourth-order valence-corrected chi connectivity index (χ4v) is 3.24. The number of methoxy groups -OCH3 is 1. The second-order valence-corrected chi connectivity index (χ2v) is 6.14. The first-order chi connectivity index (χ1) is 10.2. The molecule has 5 heteroatoms. The number of thiophene rings is 1. The Morgan fingerprint density at radius 2 is 2.29 bits per heavy atom. The van der Waals surface area contributed by atoms with E-state index in [1.165, 1.54) is 11.3 Å². The summed E-state index contributed by atoms with van der Waals surface area (Å²) in [5.41, 5.74) is 0.932. The molecule has 2 aromatic rings. The van der Waals surface area contributed by atoms with E-state index >= 15 is 0 Å². The lowest BCUT2D eigenvalue weighted by Crippen LogP contribution is -2.35. The van der Waals surface area contributed by atoms with Crippen molar-refractivity contribution in [1.29, 1.82) is 0 Å². The van der Waals surface area contributed by atoms with Gasteiger partial charge in [-0.15, -0.1) is 11.3 Å². The zero-order valence-electron chi connectivity index (χ0n) is 12.2. The lowest BCUT2D eigenvalue weighted by Gasteiger charge is -2.28. The van der Waals surface area contributed by atoms with E-state index in [1.807, 2.05) is 41.5 Å². The summed E-state index contributed by atoms with van der Waals surface area (Å²) in [4.78, 5) is 19.9. The maximum absolute atomic E-state index is 12.8. The van der Waals surface area contributed by atoms with Gasteiger partial charge in [0.1, 0.15) is 5.75 Å². The third-order valence-corrected chi connectivity index (χ3v) is 4.63. The molecule has 0 aliphatic heterocycles. The molecule has 1 atom stereocenters. The number of rotatable bonds is 5. The molecule has 21 heavy (non-hydrogen) atoms. The van der Waals surface area contributed by atoms with E-state index in [4.69, 9.17) is 4.74 Å². The molecule has 0 radical (unpaired) electrons. The van der Waals surface area contributed by atoms with Crippen molar-refractivity contribution in [3.63, 3.8) is 0 Å². The van der Waals surface area contributed by atoms with E-state index in [2.05, 4.69) is 4.98 Å². The number of hydrogen-bond donors (Lipinski definition) is 0. The molecule has 2 heterocycles. The Hall–Kier alpha value is -1.88. The molecule has 0 N–H and O–H groups in total. The van der Waals surface area contributed by atoms with Gasteiger partial charge in [0.05, 0.1) is 23.7 Å². The third kappa shape index (κ3) is 2.93. The number of amides is 1. The van der Waals surface area contributed by atoms with Gasteiger partial charge in [0.15, 0.2) is 0 Å². The van der Waals surface area contributed by atoms with Crippen molar-refractivity contribution in [3.05, 3.63) is 46.4 Å². The van der Waals surface area contributed by atoms with Crippen molar-refractivity contribution >= 4 is 17.2 Å². The number of ether oxygens (including phenoxy) is 1. The van der Waals surface area contributed by atoms with Gasteiger partial charge in [-0.05, 0) is 31.9 Å². The van der Waals surface area contributed by atoms with Crippen LogP contribution in [0, 0.1) is 0 Å². The Kier molecular flexibility index (Phi) is 3.92. The smallest absolute Gasteiger partial charge is 0.264 e. The van der Waals surface area contributed by atoms with Gasteiger partial charge in [0.25, 0.3) is 5.91 Å². The highest BCUT2D eigenvalue weighted by atomic mass is 32.1. The van der Waals surface area contributed by atoms with Gasteiger partial charge in [-0.1, -0.05) is 6.07 Å². The highest BCUT2D eigenvalue weighted by Crippen LogP contribution is 2.36. The summed E-state index contributed by atoms with van der Waals surface area (Å²) in [7, 11) is 1.62. The second kappa shape index (κ2) is 5.85. The lowest BCUT2D eigenvalue weighted by molar-refractivity contribution is 0.0675. The monoisotopic (exact) mass is 302 g/mol. The lowest BCUT2D eigenvalue weighted by atomic mass is 10.1. The molecule has 1 aliphatic rings. The van der Waals surface area contributed by atoms with Crippen molar-refractivity contribution in [2.45, 2.75) is 31.8 Å². The van der Waals surface area contributed by atoms with Gasteiger partial charge < -0.3 is 9.64 Å². The van der Waals surface area contributed by atoms with Crippen LogP contribution < -0.4 is 4.74 Å². The van der Waals surface area contributed by atoms with Crippen LogP contribution in [0.25, 0.3) is 0 Å². The average molecular weight is 302 g/mol.